The van der Waals surface area contributed by atoms with Crippen molar-refractivity contribution in [3.8, 4) is 5.75 Å². The van der Waals surface area contributed by atoms with Crippen molar-refractivity contribution in [2.75, 3.05) is 0 Å². The van der Waals surface area contributed by atoms with E-state index in [0.29, 0.717) is 10.9 Å². The highest BCUT2D eigenvalue weighted by Crippen LogP contribution is 2.37. The van der Waals surface area contributed by atoms with Crippen LogP contribution in [0.25, 0.3) is 0 Å². The van der Waals surface area contributed by atoms with E-state index < -0.39 is 28.5 Å². The normalized spacial score (nSPS) is 14.4. The number of aliphatic hydroxyl groups excluding tert-OH is 1. The number of phenolic OH excluding ortho intramolecular Hbond substituents is 1. The number of nitro benzene ring substituents is 1. The number of nitrogens with zero attached hydrogens (tertiary/aromatic N) is 1. The lowest BCUT2D eigenvalue weighted by atomic mass is 9.99. The largest absolute Gasteiger partial charge is 0.502 e. The Labute approximate surface area is 106 Å². The summed E-state index contributed by atoms with van der Waals surface area (Å²) in [7, 11) is 0. The van der Waals surface area contributed by atoms with Crippen LogP contribution in [0.1, 0.15) is 24.9 Å². The second-order valence-electron chi connectivity index (χ2n) is 3.62. The maximum Gasteiger partial charge on any atom is 0.312 e. The molecule has 0 unspecified atom stereocenters. The van der Waals surface area contributed by atoms with Crippen molar-refractivity contribution < 1.29 is 15.1 Å². The highest BCUT2D eigenvalue weighted by molar-refractivity contribution is 9.10. The third-order valence-corrected chi connectivity index (χ3v) is 2.93. The van der Waals surface area contributed by atoms with Crippen molar-refractivity contribution in [3.05, 3.63) is 32.3 Å². The van der Waals surface area contributed by atoms with Crippen molar-refractivity contribution >= 4 is 21.6 Å². The number of rotatable bonds is 4. The Morgan fingerprint density at radius 2 is 2.18 bits per heavy atom. The van der Waals surface area contributed by atoms with Gasteiger partial charge in [0.15, 0.2) is 5.75 Å². The molecule has 0 amide bonds. The van der Waals surface area contributed by atoms with Gasteiger partial charge >= 0.3 is 5.69 Å². The Kier molecular flexibility index (Phi) is 4.44. The molecule has 1 rings (SSSR count). The maximum atomic E-state index is 10.7. The zero-order chi connectivity index (χ0) is 13.2. The first-order valence-corrected chi connectivity index (χ1v) is 5.78. The summed E-state index contributed by atoms with van der Waals surface area (Å²) >= 11 is 3.10. The Bertz CT molecular complexity index is 439. The van der Waals surface area contributed by atoms with Gasteiger partial charge in [0.2, 0.25) is 0 Å². The molecule has 4 N–H and O–H groups in total. The quantitative estimate of drug-likeness (QED) is 0.580. The average molecular weight is 305 g/mol. The molecule has 0 heterocycles. The van der Waals surface area contributed by atoms with Crippen molar-refractivity contribution in [2.45, 2.75) is 25.5 Å². The van der Waals surface area contributed by atoms with Gasteiger partial charge in [-0.25, -0.2) is 0 Å². The Hall–Kier alpha value is -1.18. The molecule has 2 atom stereocenters. The van der Waals surface area contributed by atoms with Gasteiger partial charge in [0.25, 0.3) is 0 Å². The Morgan fingerprint density at radius 1 is 1.59 bits per heavy atom. The summed E-state index contributed by atoms with van der Waals surface area (Å²) < 4.78 is 0.427. The fourth-order valence-corrected chi connectivity index (χ4v) is 1.92. The molecule has 0 aromatic heterocycles. The second-order valence-corrected chi connectivity index (χ2v) is 4.54. The molecule has 1 aromatic rings. The van der Waals surface area contributed by atoms with Gasteiger partial charge in [0, 0.05) is 16.1 Å². The smallest absolute Gasteiger partial charge is 0.312 e. The molecule has 0 spiro atoms. The second kappa shape index (κ2) is 5.44. The summed E-state index contributed by atoms with van der Waals surface area (Å²) in [6, 6.07) is 1.78. The molecule has 17 heavy (non-hydrogen) atoms. The zero-order valence-electron chi connectivity index (χ0n) is 9.13. The summed E-state index contributed by atoms with van der Waals surface area (Å²) in [5.74, 6) is -0.502. The van der Waals surface area contributed by atoms with Gasteiger partial charge in [0.1, 0.15) is 0 Å². The Balaban J connectivity index is 3.29. The van der Waals surface area contributed by atoms with Crippen molar-refractivity contribution in [1.29, 1.82) is 0 Å². The van der Waals surface area contributed by atoms with Crippen molar-refractivity contribution in [2.24, 2.45) is 5.73 Å². The van der Waals surface area contributed by atoms with E-state index in [0.717, 1.165) is 0 Å². The monoisotopic (exact) mass is 304 g/mol. The molecule has 94 valence electrons. The molecule has 6 nitrogen and oxygen atoms in total. The lowest BCUT2D eigenvalue weighted by molar-refractivity contribution is -0.386. The number of hydrogen-bond donors (Lipinski definition) is 3. The molecule has 0 saturated carbocycles. The van der Waals surface area contributed by atoms with Crippen LogP contribution < -0.4 is 5.73 Å². The first kappa shape index (κ1) is 13.9. The highest BCUT2D eigenvalue weighted by atomic mass is 79.9. The first-order valence-electron chi connectivity index (χ1n) is 4.98. The standard InChI is InChI=1S/C10H13BrN2O4/c1-2-8(14)9(12)6-3-5(11)4-7(10(6)15)13(16)17/h3-4,8-9,14-15H,2,12H2,1H3/t8-,9+/m1/s1. The molecule has 0 aliphatic rings. The lowest BCUT2D eigenvalue weighted by Gasteiger charge is -2.18. The van der Waals surface area contributed by atoms with E-state index in [2.05, 4.69) is 15.9 Å². The van der Waals surface area contributed by atoms with Crippen LogP contribution in [0.3, 0.4) is 0 Å². The molecule has 7 heteroatoms. The number of halogens is 1. The average Bonchev–Trinajstić information content (AvgIpc) is 2.29. The minimum absolute atomic E-state index is 0.153. The lowest BCUT2D eigenvalue weighted by Crippen LogP contribution is -2.25. The molecular weight excluding hydrogens is 292 g/mol. The van der Waals surface area contributed by atoms with Gasteiger partial charge in [0.05, 0.1) is 17.1 Å². The molecule has 1 aromatic carbocycles. The van der Waals surface area contributed by atoms with E-state index in [1.54, 1.807) is 6.92 Å². The zero-order valence-corrected chi connectivity index (χ0v) is 10.7. The summed E-state index contributed by atoms with van der Waals surface area (Å²) in [6.45, 7) is 1.73. The number of aromatic hydroxyl groups is 1. The number of nitrogens with two attached hydrogens (primary N) is 1. The van der Waals surface area contributed by atoms with Crippen LogP contribution in [0.4, 0.5) is 5.69 Å². The topological polar surface area (TPSA) is 110 Å². The molecule has 0 fully saturated rings. The van der Waals surface area contributed by atoms with Crippen LogP contribution in [-0.2, 0) is 0 Å². The van der Waals surface area contributed by atoms with Gasteiger partial charge < -0.3 is 15.9 Å². The van der Waals surface area contributed by atoms with E-state index in [1.807, 2.05) is 0 Å². The number of phenols is 1. The molecule has 0 bridgehead atoms. The predicted molar refractivity (Wildman–Crippen MR) is 65.7 cm³/mol. The number of aliphatic hydroxyl groups is 1. The van der Waals surface area contributed by atoms with E-state index in [-0.39, 0.29) is 5.56 Å². The maximum absolute atomic E-state index is 10.7. The summed E-state index contributed by atoms with van der Waals surface area (Å²) in [5.41, 5.74) is 5.45. The van der Waals surface area contributed by atoms with E-state index >= 15 is 0 Å². The van der Waals surface area contributed by atoms with Gasteiger partial charge in [-0.2, -0.15) is 0 Å². The third-order valence-electron chi connectivity index (χ3n) is 2.47. The van der Waals surface area contributed by atoms with Gasteiger partial charge in [-0.3, -0.25) is 10.1 Å². The van der Waals surface area contributed by atoms with E-state index in [4.69, 9.17) is 5.73 Å². The van der Waals surface area contributed by atoms with E-state index in [9.17, 15) is 20.3 Å². The molecular formula is C10H13BrN2O4. The van der Waals surface area contributed by atoms with Crippen LogP contribution in [0.5, 0.6) is 5.75 Å². The summed E-state index contributed by atoms with van der Waals surface area (Å²) in [6.07, 6.45) is -0.476. The Morgan fingerprint density at radius 3 is 2.65 bits per heavy atom. The fourth-order valence-electron chi connectivity index (χ4n) is 1.46. The minimum Gasteiger partial charge on any atom is -0.502 e. The third kappa shape index (κ3) is 2.93. The van der Waals surface area contributed by atoms with Crippen molar-refractivity contribution in [1.82, 2.24) is 0 Å². The molecule has 0 aliphatic heterocycles. The van der Waals surface area contributed by atoms with Crippen LogP contribution >= 0.6 is 15.9 Å². The number of nitro groups is 1. The summed E-state index contributed by atoms with van der Waals surface area (Å²) in [5, 5.41) is 30.1. The van der Waals surface area contributed by atoms with Crippen LogP contribution in [0.2, 0.25) is 0 Å². The number of benzene rings is 1. The highest BCUT2D eigenvalue weighted by Gasteiger charge is 2.25. The SMILES string of the molecule is CC[C@@H](O)[C@@H](N)c1cc(Br)cc([N+](=O)[O-])c1O. The minimum atomic E-state index is -0.866. The van der Waals surface area contributed by atoms with Crippen LogP contribution in [-0.4, -0.2) is 21.2 Å². The van der Waals surface area contributed by atoms with Gasteiger partial charge in [-0.1, -0.05) is 22.9 Å². The van der Waals surface area contributed by atoms with E-state index in [1.165, 1.54) is 12.1 Å². The van der Waals surface area contributed by atoms with Crippen LogP contribution in [0.15, 0.2) is 16.6 Å². The first-order chi connectivity index (χ1) is 7.88. The van der Waals surface area contributed by atoms with Gasteiger partial charge in [-0.15, -0.1) is 0 Å². The molecule has 0 aliphatic carbocycles. The predicted octanol–water partition coefficient (Wildman–Crippen LogP) is 1.83. The van der Waals surface area contributed by atoms with Crippen molar-refractivity contribution in [3.63, 3.8) is 0 Å². The fraction of sp³-hybridized carbons (Fsp3) is 0.400. The molecule has 0 radical (unpaired) electrons. The van der Waals surface area contributed by atoms with Gasteiger partial charge in [-0.05, 0) is 12.5 Å². The van der Waals surface area contributed by atoms with Crippen LogP contribution in [0, 0.1) is 10.1 Å². The number of hydrogen-bond acceptors (Lipinski definition) is 5. The molecule has 0 saturated heterocycles. The summed E-state index contributed by atoms with van der Waals surface area (Å²) in [4.78, 5) is 10.0.